The average molecular weight is 213 g/mol. The molecular formula is C12H23NO2. The third kappa shape index (κ3) is 4.33. The second kappa shape index (κ2) is 6.99. The summed E-state index contributed by atoms with van der Waals surface area (Å²) < 4.78 is 5.43. The zero-order chi connectivity index (χ0) is 11.1. The van der Waals surface area contributed by atoms with Crippen LogP contribution in [0.2, 0.25) is 0 Å². The van der Waals surface area contributed by atoms with Crippen LogP contribution in [0, 0.1) is 0 Å². The lowest BCUT2D eigenvalue weighted by atomic mass is 10.1. The Kier molecular flexibility index (Phi) is 5.91. The molecule has 1 aliphatic heterocycles. The monoisotopic (exact) mass is 213 g/mol. The lowest BCUT2D eigenvalue weighted by molar-refractivity contribution is -0.0281. The van der Waals surface area contributed by atoms with Crippen LogP contribution in [0.5, 0.6) is 0 Å². The van der Waals surface area contributed by atoms with E-state index < -0.39 is 0 Å². The minimum atomic E-state index is -0.227. The van der Waals surface area contributed by atoms with Gasteiger partial charge in [0.1, 0.15) is 0 Å². The van der Waals surface area contributed by atoms with Crippen molar-refractivity contribution in [1.82, 2.24) is 4.90 Å². The third-order valence-corrected chi connectivity index (χ3v) is 2.97. The van der Waals surface area contributed by atoms with Crippen molar-refractivity contribution in [2.75, 3.05) is 26.3 Å². The number of hydrogen-bond donors (Lipinski definition) is 1. The molecule has 0 aromatic rings. The first-order valence-corrected chi connectivity index (χ1v) is 5.88. The average Bonchev–Trinajstić information content (AvgIpc) is 2.27. The summed E-state index contributed by atoms with van der Waals surface area (Å²) in [5.74, 6) is 0. The van der Waals surface area contributed by atoms with Crippen molar-refractivity contribution in [1.29, 1.82) is 0 Å². The van der Waals surface area contributed by atoms with E-state index >= 15 is 0 Å². The minimum absolute atomic E-state index is 0.227. The Morgan fingerprint density at radius 1 is 1.67 bits per heavy atom. The maximum atomic E-state index is 9.82. The van der Waals surface area contributed by atoms with Gasteiger partial charge in [-0.05, 0) is 19.3 Å². The third-order valence-electron chi connectivity index (χ3n) is 2.97. The molecule has 1 aliphatic rings. The highest BCUT2D eigenvalue weighted by Gasteiger charge is 2.22. The number of nitrogens with zero attached hydrogens (tertiary/aromatic N) is 1. The molecule has 1 N–H and O–H groups in total. The van der Waals surface area contributed by atoms with E-state index in [1.807, 2.05) is 6.08 Å². The van der Waals surface area contributed by atoms with Gasteiger partial charge in [0.15, 0.2) is 0 Å². The first-order chi connectivity index (χ1) is 7.27. The fraction of sp³-hybridized carbons (Fsp3) is 0.833. The molecule has 0 amide bonds. The second-order valence-corrected chi connectivity index (χ2v) is 4.15. The SMILES string of the molecule is C=CCCC(O)CN1CCOCC1CC. The van der Waals surface area contributed by atoms with Crippen LogP contribution < -0.4 is 0 Å². The zero-order valence-electron chi connectivity index (χ0n) is 9.69. The Morgan fingerprint density at radius 2 is 2.47 bits per heavy atom. The largest absolute Gasteiger partial charge is 0.392 e. The fourth-order valence-electron chi connectivity index (χ4n) is 1.98. The Labute approximate surface area is 92.7 Å². The van der Waals surface area contributed by atoms with E-state index in [1.165, 1.54) is 0 Å². The van der Waals surface area contributed by atoms with E-state index in [4.69, 9.17) is 4.74 Å². The number of morpholine rings is 1. The van der Waals surface area contributed by atoms with Gasteiger partial charge in [0.2, 0.25) is 0 Å². The number of rotatable bonds is 6. The number of ether oxygens (including phenoxy) is 1. The topological polar surface area (TPSA) is 32.7 Å². The summed E-state index contributed by atoms with van der Waals surface area (Å²) in [6.45, 7) is 9.16. The van der Waals surface area contributed by atoms with Crippen molar-refractivity contribution in [3.63, 3.8) is 0 Å². The molecule has 2 atom stereocenters. The summed E-state index contributed by atoms with van der Waals surface area (Å²) in [6.07, 6.45) is 4.43. The summed E-state index contributed by atoms with van der Waals surface area (Å²) >= 11 is 0. The van der Waals surface area contributed by atoms with Crippen molar-refractivity contribution in [3.8, 4) is 0 Å². The number of hydrogen-bond acceptors (Lipinski definition) is 3. The number of aliphatic hydroxyl groups excluding tert-OH is 1. The van der Waals surface area contributed by atoms with Crippen LogP contribution in [0.1, 0.15) is 26.2 Å². The van der Waals surface area contributed by atoms with Gasteiger partial charge in [-0.2, -0.15) is 0 Å². The van der Waals surface area contributed by atoms with Crippen LogP contribution in [-0.2, 0) is 4.74 Å². The van der Waals surface area contributed by atoms with Crippen molar-refractivity contribution in [3.05, 3.63) is 12.7 Å². The molecule has 0 radical (unpaired) electrons. The molecule has 3 nitrogen and oxygen atoms in total. The van der Waals surface area contributed by atoms with Gasteiger partial charge in [-0.3, -0.25) is 4.90 Å². The molecule has 88 valence electrons. The van der Waals surface area contributed by atoms with Gasteiger partial charge in [-0.25, -0.2) is 0 Å². The minimum Gasteiger partial charge on any atom is -0.392 e. The smallest absolute Gasteiger partial charge is 0.0670 e. The summed E-state index contributed by atoms with van der Waals surface area (Å²) in [4.78, 5) is 2.34. The van der Waals surface area contributed by atoms with Crippen molar-refractivity contribution in [2.45, 2.75) is 38.3 Å². The van der Waals surface area contributed by atoms with Gasteiger partial charge in [0, 0.05) is 19.1 Å². The Balaban J connectivity index is 2.30. The molecule has 15 heavy (non-hydrogen) atoms. The van der Waals surface area contributed by atoms with Crippen LogP contribution in [0.4, 0.5) is 0 Å². The summed E-state index contributed by atoms with van der Waals surface area (Å²) in [7, 11) is 0. The van der Waals surface area contributed by atoms with E-state index in [-0.39, 0.29) is 6.10 Å². The highest BCUT2D eigenvalue weighted by atomic mass is 16.5. The molecule has 0 spiro atoms. The molecule has 1 heterocycles. The molecular weight excluding hydrogens is 190 g/mol. The number of β-amino-alcohol motifs (C(OH)–C–C–N with tert-alkyl or cyclic N) is 1. The van der Waals surface area contributed by atoms with Gasteiger partial charge >= 0.3 is 0 Å². The lowest BCUT2D eigenvalue weighted by Crippen LogP contribution is -2.48. The van der Waals surface area contributed by atoms with Crippen LogP contribution >= 0.6 is 0 Å². The second-order valence-electron chi connectivity index (χ2n) is 4.15. The Hall–Kier alpha value is -0.380. The zero-order valence-corrected chi connectivity index (χ0v) is 9.69. The molecule has 1 rings (SSSR count). The maximum absolute atomic E-state index is 9.82. The lowest BCUT2D eigenvalue weighted by Gasteiger charge is -2.36. The maximum Gasteiger partial charge on any atom is 0.0670 e. The van der Waals surface area contributed by atoms with Crippen LogP contribution in [0.25, 0.3) is 0 Å². The molecule has 0 bridgehead atoms. The summed E-state index contributed by atoms with van der Waals surface area (Å²) in [5, 5.41) is 9.82. The van der Waals surface area contributed by atoms with Crippen LogP contribution in [0.3, 0.4) is 0 Å². The van der Waals surface area contributed by atoms with Gasteiger partial charge < -0.3 is 9.84 Å². The van der Waals surface area contributed by atoms with Crippen molar-refractivity contribution >= 4 is 0 Å². The van der Waals surface area contributed by atoms with E-state index in [2.05, 4.69) is 18.4 Å². The first-order valence-electron chi connectivity index (χ1n) is 5.88. The molecule has 0 saturated carbocycles. The number of aliphatic hydroxyl groups is 1. The van der Waals surface area contributed by atoms with Gasteiger partial charge in [0.25, 0.3) is 0 Å². The summed E-state index contributed by atoms with van der Waals surface area (Å²) in [6, 6.07) is 0.483. The highest BCUT2D eigenvalue weighted by molar-refractivity contribution is 4.78. The molecule has 2 unspecified atom stereocenters. The van der Waals surface area contributed by atoms with E-state index in [0.29, 0.717) is 6.04 Å². The van der Waals surface area contributed by atoms with Crippen LogP contribution in [-0.4, -0.2) is 48.5 Å². The van der Waals surface area contributed by atoms with Crippen LogP contribution in [0.15, 0.2) is 12.7 Å². The molecule has 0 aliphatic carbocycles. The van der Waals surface area contributed by atoms with Crippen molar-refractivity contribution < 1.29 is 9.84 Å². The summed E-state index contributed by atoms with van der Waals surface area (Å²) in [5.41, 5.74) is 0. The fourth-order valence-corrected chi connectivity index (χ4v) is 1.98. The predicted octanol–water partition coefficient (Wildman–Crippen LogP) is 1.42. The van der Waals surface area contributed by atoms with E-state index in [9.17, 15) is 5.11 Å². The van der Waals surface area contributed by atoms with Gasteiger partial charge in [0.05, 0.1) is 19.3 Å². The molecule has 1 fully saturated rings. The number of allylic oxidation sites excluding steroid dienone is 1. The molecule has 3 heteroatoms. The highest BCUT2D eigenvalue weighted by Crippen LogP contribution is 2.12. The van der Waals surface area contributed by atoms with Gasteiger partial charge in [-0.1, -0.05) is 13.0 Å². The Morgan fingerprint density at radius 3 is 3.13 bits per heavy atom. The van der Waals surface area contributed by atoms with E-state index in [1.54, 1.807) is 0 Å². The molecule has 0 aromatic heterocycles. The Bertz CT molecular complexity index is 184. The first kappa shape index (κ1) is 12.7. The standard InChI is InChI=1S/C12H23NO2/c1-3-5-6-12(14)9-13-7-8-15-10-11(13)4-2/h3,11-12,14H,1,4-10H2,2H3. The van der Waals surface area contributed by atoms with Crippen molar-refractivity contribution in [2.24, 2.45) is 0 Å². The quantitative estimate of drug-likeness (QED) is 0.677. The molecule has 0 aromatic carbocycles. The normalized spacial score (nSPS) is 25.1. The van der Waals surface area contributed by atoms with E-state index in [0.717, 1.165) is 45.6 Å². The predicted molar refractivity (Wildman–Crippen MR) is 61.9 cm³/mol. The van der Waals surface area contributed by atoms with Gasteiger partial charge in [-0.15, -0.1) is 6.58 Å². The molecule has 1 saturated heterocycles.